The highest BCUT2D eigenvalue weighted by molar-refractivity contribution is 5.95. The van der Waals surface area contributed by atoms with Crippen LogP contribution >= 0.6 is 0 Å². The van der Waals surface area contributed by atoms with Gasteiger partial charge in [0.1, 0.15) is 5.52 Å². The van der Waals surface area contributed by atoms with Crippen LogP contribution in [0.15, 0.2) is 22.7 Å². The molecule has 0 aliphatic rings. The monoisotopic (exact) mass is 177 g/mol. The second-order valence-corrected chi connectivity index (χ2v) is 3.13. The molecule has 0 aliphatic carbocycles. The molecule has 0 fully saturated rings. The van der Waals surface area contributed by atoms with E-state index in [0.717, 1.165) is 16.8 Å². The zero-order valence-corrected chi connectivity index (χ0v) is 7.61. The van der Waals surface area contributed by atoms with Crippen molar-refractivity contribution in [3.05, 3.63) is 18.2 Å². The lowest BCUT2D eigenvalue weighted by Gasteiger charge is -2.05. The summed E-state index contributed by atoms with van der Waals surface area (Å²) in [6.07, 6.45) is 0. The summed E-state index contributed by atoms with van der Waals surface area (Å²) in [5.41, 5.74) is 7.10. The van der Waals surface area contributed by atoms with Crippen LogP contribution in [0.1, 0.15) is 0 Å². The second kappa shape index (κ2) is 2.65. The van der Waals surface area contributed by atoms with Gasteiger partial charge in [-0.2, -0.15) is 0 Å². The van der Waals surface area contributed by atoms with Crippen molar-refractivity contribution < 1.29 is 4.52 Å². The third-order valence-electron chi connectivity index (χ3n) is 1.93. The molecule has 1 heterocycles. The molecule has 0 saturated heterocycles. The standard InChI is InChI=1S/C9H11N3O/c1-12(2)9-6-4-3-5-7(10)8(6)11-13-9/h3-5H,10H2,1-2H3. The fourth-order valence-corrected chi connectivity index (χ4v) is 1.30. The summed E-state index contributed by atoms with van der Waals surface area (Å²) in [5.74, 6) is 0.738. The number of nitrogens with zero attached hydrogens (tertiary/aromatic N) is 2. The van der Waals surface area contributed by atoms with Crippen molar-refractivity contribution >= 4 is 22.5 Å². The highest BCUT2D eigenvalue weighted by Crippen LogP contribution is 2.28. The van der Waals surface area contributed by atoms with E-state index in [9.17, 15) is 0 Å². The lowest BCUT2D eigenvalue weighted by molar-refractivity contribution is 0.432. The SMILES string of the molecule is CN(C)c1onc2c(N)cccc12. The van der Waals surface area contributed by atoms with E-state index in [-0.39, 0.29) is 0 Å². The molecule has 0 aliphatic heterocycles. The predicted molar refractivity (Wildman–Crippen MR) is 52.7 cm³/mol. The summed E-state index contributed by atoms with van der Waals surface area (Å²) in [7, 11) is 3.81. The number of hydrogen-bond donors (Lipinski definition) is 1. The Kier molecular flexibility index (Phi) is 1.62. The van der Waals surface area contributed by atoms with Gasteiger partial charge in [0.05, 0.1) is 11.1 Å². The highest BCUT2D eigenvalue weighted by Gasteiger charge is 2.10. The topological polar surface area (TPSA) is 55.3 Å². The van der Waals surface area contributed by atoms with Gasteiger partial charge in [0.15, 0.2) is 0 Å². The largest absolute Gasteiger partial charge is 0.397 e. The Balaban J connectivity index is 2.75. The normalized spacial score (nSPS) is 10.6. The molecule has 0 saturated carbocycles. The maximum atomic E-state index is 5.73. The van der Waals surface area contributed by atoms with Crippen molar-refractivity contribution in [3.8, 4) is 0 Å². The van der Waals surface area contributed by atoms with Gasteiger partial charge >= 0.3 is 0 Å². The lowest BCUT2D eigenvalue weighted by atomic mass is 10.2. The van der Waals surface area contributed by atoms with Gasteiger partial charge in [0, 0.05) is 14.1 Å². The molecule has 4 nitrogen and oxygen atoms in total. The maximum Gasteiger partial charge on any atom is 0.234 e. The predicted octanol–water partition coefficient (Wildman–Crippen LogP) is 1.48. The van der Waals surface area contributed by atoms with E-state index in [2.05, 4.69) is 5.16 Å². The molecule has 0 radical (unpaired) electrons. The number of nitrogens with two attached hydrogens (primary N) is 1. The molecule has 0 amide bonds. The van der Waals surface area contributed by atoms with Crippen molar-refractivity contribution in [2.75, 3.05) is 24.7 Å². The van der Waals surface area contributed by atoms with Crippen LogP contribution in [0.25, 0.3) is 10.9 Å². The first kappa shape index (κ1) is 7.91. The number of hydrogen-bond acceptors (Lipinski definition) is 4. The third-order valence-corrected chi connectivity index (χ3v) is 1.93. The van der Waals surface area contributed by atoms with Crippen LogP contribution in [-0.4, -0.2) is 19.3 Å². The summed E-state index contributed by atoms with van der Waals surface area (Å²) < 4.78 is 5.15. The van der Waals surface area contributed by atoms with Gasteiger partial charge in [-0.25, -0.2) is 0 Å². The summed E-state index contributed by atoms with van der Waals surface area (Å²) >= 11 is 0. The van der Waals surface area contributed by atoms with E-state index in [0.29, 0.717) is 5.69 Å². The smallest absolute Gasteiger partial charge is 0.234 e. The van der Waals surface area contributed by atoms with E-state index in [4.69, 9.17) is 10.3 Å². The molecule has 4 heteroatoms. The van der Waals surface area contributed by atoms with Gasteiger partial charge in [-0.3, -0.25) is 0 Å². The number of fused-ring (bicyclic) bond motifs is 1. The lowest BCUT2D eigenvalue weighted by Crippen LogP contribution is -2.07. The fraction of sp³-hybridized carbons (Fsp3) is 0.222. The van der Waals surface area contributed by atoms with Crippen molar-refractivity contribution in [2.45, 2.75) is 0 Å². The summed E-state index contributed by atoms with van der Waals surface area (Å²) in [5, 5.41) is 4.85. The van der Waals surface area contributed by atoms with Crippen LogP contribution < -0.4 is 10.6 Å². The molecule has 0 spiro atoms. The van der Waals surface area contributed by atoms with Crippen LogP contribution in [0.3, 0.4) is 0 Å². The zero-order chi connectivity index (χ0) is 9.42. The summed E-state index contributed by atoms with van der Waals surface area (Å²) in [4.78, 5) is 1.87. The van der Waals surface area contributed by atoms with E-state index < -0.39 is 0 Å². The minimum atomic E-state index is 0.648. The number of aromatic nitrogens is 1. The first-order valence-corrected chi connectivity index (χ1v) is 4.01. The molecule has 0 unspecified atom stereocenters. The molecular weight excluding hydrogens is 166 g/mol. The first-order chi connectivity index (χ1) is 6.20. The van der Waals surface area contributed by atoms with E-state index in [1.807, 2.05) is 37.2 Å². The third kappa shape index (κ3) is 1.11. The van der Waals surface area contributed by atoms with Crippen molar-refractivity contribution in [1.82, 2.24) is 5.16 Å². The molecule has 0 atom stereocenters. The minimum absolute atomic E-state index is 0.648. The average Bonchev–Trinajstić information content (AvgIpc) is 2.48. The van der Waals surface area contributed by atoms with Crippen LogP contribution in [0.4, 0.5) is 11.6 Å². The number of nitrogen functional groups attached to an aromatic ring is 1. The van der Waals surface area contributed by atoms with Gasteiger partial charge in [-0.05, 0) is 12.1 Å². The summed E-state index contributed by atoms with van der Waals surface area (Å²) in [6.45, 7) is 0. The Morgan fingerprint density at radius 1 is 1.38 bits per heavy atom. The van der Waals surface area contributed by atoms with Gasteiger partial charge in [-0.1, -0.05) is 11.2 Å². The molecular formula is C9H11N3O. The molecule has 0 bridgehead atoms. The van der Waals surface area contributed by atoms with E-state index >= 15 is 0 Å². The van der Waals surface area contributed by atoms with Crippen molar-refractivity contribution in [2.24, 2.45) is 0 Å². The number of benzene rings is 1. The number of anilines is 2. The molecule has 1 aromatic heterocycles. The highest BCUT2D eigenvalue weighted by atomic mass is 16.5. The molecule has 1 aromatic carbocycles. The zero-order valence-electron chi connectivity index (χ0n) is 7.61. The van der Waals surface area contributed by atoms with Crippen molar-refractivity contribution in [3.63, 3.8) is 0 Å². The van der Waals surface area contributed by atoms with E-state index in [1.165, 1.54) is 0 Å². The van der Waals surface area contributed by atoms with Gasteiger partial charge in [0.25, 0.3) is 0 Å². The molecule has 2 aromatic rings. The van der Waals surface area contributed by atoms with Gasteiger partial charge in [0.2, 0.25) is 5.88 Å². The van der Waals surface area contributed by atoms with Crippen LogP contribution in [-0.2, 0) is 0 Å². The fourth-order valence-electron chi connectivity index (χ4n) is 1.30. The molecule has 13 heavy (non-hydrogen) atoms. The summed E-state index contributed by atoms with van der Waals surface area (Å²) in [6, 6.07) is 5.64. The Hall–Kier alpha value is -1.71. The molecule has 2 N–H and O–H groups in total. The second-order valence-electron chi connectivity index (χ2n) is 3.13. The van der Waals surface area contributed by atoms with Gasteiger partial charge in [-0.15, -0.1) is 0 Å². The van der Waals surface area contributed by atoms with E-state index in [1.54, 1.807) is 0 Å². The van der Waals surface area contributed by atoms with Crippen molar-refractivity contribution in [1.29, 1.82) is 0 Å². The average molecular weight is 177 g/mol. The van der Waals surface area contributed by atoms with Crippen LogP contribution in [0, 0.1) is 0 Å². The Labute approximate surface area is 75.9 Å². The van der Waals surface area contributed by atoms with Gasteiger partial charge < -0.3 is 15.2 Å². The number of rotatable bonds is 1. The maximum absolute atomic E-state index is 5.73. The Bertz CT molecular complexity index is 433. The quantitative estimate of drug-likeness (QED) is 0.670. The minimum Gasteiger partial charge on any atom is -0.397 e. The Morgan fingerprint density at radius 2 is 2.15 bits per heavy atom. The molecule has 68 valence electrons. The molecule has 2 rings (SSSR count). The Morgan fingerprint density at radius 3 is 2.85 bits per heavy atom. The van der Waals surface area contributed by atoms with Crippen LogP contribution in [0.5, 0.6) is 0 Å². The van der Waals surface area contributed by atoms with Crippen LogP contribution in [0.2, 0.25) is 0 Å². The first-order valence-electron chi connectivity index (χ1n) is 4.01.